The predicted octanol–water partition coefficient (Wildman–Crippen LogP) is 18.7. The number of fused-ring (bicyclic) bond motifs is 11. The molecule has 4 heterocycles. The fourth-order valence-electron chi connectivity index (χ4n) is 10.3. The monoisotopic (exact) mass is 890 g/mol. The van der Waals surface area contributed by atoms with Gasteiger partial charge in [-0.05, 0) is 124 Å². The van der Waals surface area contributed by atoms with Crippen molar-refractivity contribution >= 4 is 113 Å². The third-order valence-corrected chi connectivity index (χ3v) is 15.7. The first-order valence-corrected chi connectivity index (χ1v) is 24.3. The minimum Gasteiger partial charge on any atom is -0.439 e. The summed E-state index contributed by atoms with van der Waals surface area (Å²) in [5, 5.41) is 8.55. The number of hydrogen-bond donors (Lipinski definition) is 0. The Kier molecular flexibility index (Phi) is 8.63. The Morgan fingerprint density at radius 1 is 0.358 bits per heavy atom. The highest BCUT2D eigenvalue weighted by atomic mass is 32.1. The summed E-state index contributed by atoms with van der Waals surface area (Å²) in [5.74, 6) is 0. The van der Waals surface area contributed by atoms with E-state index in [2.05, 4.69) is 240 Å². The van der Waals surface area contributed by atoms with Crippen molar-refractivity contribution in [2.24, 2.45) is 0 Å². The van der Waals surface area contributed by atoms with Crippen molar-refractivity contribution in [1.82, 2.24) is 4.57 Å². The Hall–Kier alpha value is -8.22. The number of aromatic nitrogens is 1. The van der Waals surface area contributed by atoms with Gasteiger partial charge < -0.3 is 9.32 Å². The minimum absolute atomic E-state index is 0.851. The summed E-state index contributed by atoms with van der Waals surface area (Å²) in [6.45, 7) is 0. The lowest BCUT2D eigenvalue weighted by Crippen LogP contribution is -2.10. The summed E-state index contributed by atoms with van der Waals surface area (Å²) in [6.07, 6.45) is 0. The Morgan fingerprint density at radius 3 is 1.61 bits per heavy atom. The first kappa shape index (κ1) is 38.1. The van der Waals surface area contributed by atoms with Crippen LogP contribution < -0.4 is 4.90 Å². The van der Waals surface area contributed by atoms with Crippen molar-refractivity contribution in [3.05, 3.63) is 231 Å². The summed E-state index contributed by atoms with van der Waals surface area (Å²) < 4.78 is 14.3. The summed E-state index contributed by atoms with van der Waals surface area (Å²) in [7, 11) is 0. The van der Waals surface area contributed by atoms with Crippen LogP contribution in [0.15, 0.2) is 235 Å². The molecule has 3 nitrogen and oxygen atoms in total. The fourth-order valence-corrected chi connectivity index (χ4v) is 12.6. The zero-order chi connectivity index (χ0) is 44.0. The first-order chi connectivity index (χ1) is 33.2. The van der Waals surface area contributed by atoms with E-state index >= 15 is 0 Å². The maximum absolute atomic E-state index is 6.88. The second kappa shape index (κ2) is 15.2. The number of para-hydroxylation sites is 1. The van der Waals surface area contributed by atoms with Gasteiger partial charge >= 0.3 is 0 Å². The predicted molar refractivity (Wildman–Crippen MR) is 287 cm³/mol. The number of anilines is 3. The Morgan fingerprint density at radius 2 is 0.896 bits per heavy atom. The van der Waals surface area contributed by atoms with E-state index in [4.69, 9.17) is 4.42 Å². The van der Waals surface area contributed by atoms with Crippen molar-refractivity contribution in [2.75, 3.05) is 4.90 Å². The molecular formula is C62H38N2OS2. The number of rotatable bonds is 7. The second-order valence-electron chi connectivity index (χ2n) is 17.2. The number of benzene rings is 10. The molecule has 0 saturated carbocycles. The fraction of sp³-hybridized carbons (Fsp3) is 0. The van der Waals surface area contributed by atoms with Crippen LogP contribution >= 0.6 is 22.7 Å². The molecule has 0 saturated heterocycles. The molecule has 0 aliphatic rings. The molecule has 0 bridgehead atoms. The molecule has 314 valence electrons. The van der Waals surface area contributed by atoms with Crippen LogP contribution in [-0.4, -0.2) is 4.57 Å². The Labute approximate surface area is 394 Å². The van der Waals surface area contributed by atoms with Crippen LogP contribution in [0.1, 0.15) is 0 Å². The molecule has 0 spiro atoms. The molecule has 0 atom stereocenters. The normalized spacial score (nSPS) is 11.9. The van der Waals surface area contributed by atoms with Gasteiger partial charge in [0.15, 0.2) is 0 Å². The van der Waals surface area contributed by atoms with E-state index in [9.17, 15) is 0 Å². The van der Waals surface area contributed by atoms with Crippen molar-refractivity contribution in [3.63, 3.8) is 0 Å². The van der Waals surface area contributed by atoms with Gasteiger partial charge in [-0.2, -0.15) is 0 Å². The Balaban J connectivity index is 0.919. The average molecular weight is 891 g/mol. The van der Waals surface area contributed by atoms with Gasteiger partial charge in [0, 0.05) is 68.2 Å². The summed E-state index contributed by atoms with van der Waals surface area (Å²) in [5.41, 5.74) is 14.4. The second-order valence-corrected chi connectivity index (χ2v) is 19.4. The molecule has 4 aromatic heterocycles. The lowest BCUT2D eigenvalue weighted by Gasteiger charge is -2.27. The molecule has 14 aromatic rings. The summed E-state index contributed by atoms with van der Waals surface area (Å²) >= 11 is 3.71. The Bertz CT molecular complexity index is 4200. The molecule has 14 rings (SSSR count). The van der Waals surface area contributed by atoms with Gasteiger partial charge in [-0.3, -0.25) is 4.57 Å². The molecule has 0 unspecified atom stereocenters. The van der Waals surface area contributed by atoms with Gasteiger partial charge in [-0.25, -0.2) is 0 Å². The van der Waals surface area contributed by atoms with Gasteiger partial charge in [-0.1, -0.05) is 140 Å². The lowest BCUT2D eigenvalue weighted by atomic mass is 9.97. The van der Waals surface area contributed by atoms with E-state index in [0.29, 0.717) is 0 Å². The zero-order valence-corrected chi connectivity index (χ0v) is 37.7. The highest BCUT2D eigenvalue weighted by molar-refractivity contribution is 7.26. The van der Waals surface area contributed by atoms with Crippen molar-refractivity contribution < 1.29 is 4.42 Å². The molecule has 0 aliphatic heterocycles. The molecule has 0 aliphatic carbocycles. The number of hydrogen-bond acceptors (Lipinski definition) is 4. The molecule has 10 aromatic carbocycles. The van der Waals surface area contributed by atoms with Crippen molar-refractivity contribution in [1.29, 1.82) is 0 Å². The van der Waals surface area contributed by atoms with E-state index in [1.807, 2.05) is 22.7 Å². The molecule has 5 heteroatoms. The minimum atomic E-state index is 0.851. The smallest absolute Gasteiger partial charge is 0.213 e. The molecular weight excluding hydrogens is 853 g/mol. The van der Waals surface area contributed by atoms with E-state index in [1.54, 1.807) is 0 Å². The van der Waals surface area contributed by atoms with Crippen molar-refractivity contribution in [3.8, 4) is 39.1 Å². The molecule has 0 radical (unpaired) electrons. The average Bonchev–Trinajstić information content (AvgIpc) is 4.16. The van der Waals surface area contributed by atoms with E-state index in [-0.39, 0.29) is 0 Å². The van der Waals surface area contributed by atoms with Crippen LogP contribution in [-0.2, 0) is 0 Å². The van der Waals surface area contributed by atoms with E-state index in [0.717, 1.165) is 61.5 Å². The highest BCUT2D eigenvalue weighted by Crippen LogP contribution is 2.47. The van der Waals surface area contributed by atoms with Crippen LogP contribution in [0.25, 0.3) is 112 Å². The van der Waals surface area contributed by atoms with Crippen LogP contribution in [0.5, 0.6) is 0 Å². The maximum Gasteiger partial charge on any atom is 0.213 e. The zero-order valence-electron chi connectivity index (χ0n) is 36.1. The molecule has 0 fully saturated rings. The van der Waals surface area contributed by atoms with Gasteiger partial charge in [0.2, 0.25) is 5.71 Å². The van der Waals surface area contributed by atoms with Gasteiger partial charge in [0.05, 0.1) is 16.6 Å². The molecule has 0 N–H and O–H groups in total. The third kappa shape index (κ3) is 6.09. The summed E-state index contributed by atoms with van der Waals surface area (Å²) in [4.78, 5) is 2.41. The largest absolute Gasteiger partial charge is 0.439 e. The van der Waals surface area contributed by atoms with Crippen LogP contribution in [0, 0.1) is 0 Å². The number of furan rings is 1. The van der Waals surface area contributed by atoms with Gasteiger partial charge in [-0.15, -0.1) is 22.7 Å². The van der Waals surface area contributed by atoms with Gasteiger partial charge in [0.25, 0.3) is 0 Å². The van der Waals surface area contributed by atoms with E-state index in [1.165, 1.54) is 68.0 Å². The van der Waals surface area contributed by atoms with Crippen LogP contribution in [0.2, 0.25) is 0 Å². The highest BCUT2D eigenvalue weighted by Gasteiger charge is 2.23. The lowest BCUT2D eigenvalue weighted by molar-refractivity contribution is 0.645. The third-order valence-electron chi connectivity index (χ3n) is 13.4. The van der Waals surface area contributed by atoms with E-state index < -0.39 is 0 Å². The topological polar surface area (TPSA) is 21.3 Å². The number of nitrogens with zero attached hydrogens (tertiary/aromatic N) is 2. The maximum atomic E-state index is 6.88. The van der Waals surface area contributed by atoms with Crippen molar-refractivity contribution in [2.45, 2.75) is 0 Å². The van der Waals surface area contributed by atoms with Gasteiger partial charge in [0.1, 0.15) is 5.58 Å². The number of thiophene rings is 2. The molecule has 0 amide bonds. The first-order valence-electron chi connectivity index (χ1n) is 22.6. The standard InChI is InChI=1S/C62H38N2OS2/c1-3-13-39(14-4-1)40-25-31-45(32-26-40)63(53-20-12-24-58-61(53)49-18-8-10-22-56(49)67-58)46-33-27-41(28-34-46)42-30-36-54-51(37-42)60-50-38-43(29-35-52(50)64(62(60)65-54)44-15-5-2-6-16-44)47-19-11-23-57-59(47)48-17-7-9-21-55(48)66-57/h1-38H. The quantitative estimate of drug-likeness (QED) is 0.159. The van der Waals surface area contributed by atoms with Crippen LogP contribution in [0.4, 0.5) is 17.1 Å². The molecule has 67 heavy (non-hydrogen) atoms. The summed E-state index contributed by atoms with van der Waals surface area (Å²) in [6, 6.07) is 83.8. The van der Waals surface area contributed by atoms with Crippen LogP contribution in [0.3, 0.4) is 0 Å². The SMILES string of the molecule is c1ccc(-c2ccc(N(c3ccc(-c4ccc5oc6c(c5c4)c4cc(-c5cccc7sc8ccccc8c57)ccc4n6-c4ccccc4)cc3)c3cccc4sc5ccccc5c34)cc2)cc1.